The second kappa shape index (κ2) is 6.17. The minimum Gasteiger partial charge on any atom is -0.317 e. The number of nitrogens with zero attached hydrogens (tertiary/aromatic N) is 3. The van der Waals surface area contributed by atoms with Crippen molar-refractivity contribution in [1.29, 1.82) is 5.26 Å². The molecule has 2 aliphatic rings. The number of H-pyrrole nitrogens is 1. The zero-order valence-electron chi connectivity index (χ0n) is 13.2. The van der Waals surface area contributed by atoms with Crippen molar-refractivity contribution in [3.05, 3.63) is 47.4 Å². The lowest BCUT2D eigenvalue weighted by molar-refractivity contribution is 0.442. The summed E-state index contributed by atoms with van der Waals surface area (Å²) in [5, 5.41) is 20.2. The predicted molar refractivity (Wildman–Crippen MR) is 88.6 cm³/mol. The van der Waals surface area contributed by atoms with Crippen LogP contribution in [0, 0.1) is 29.0 Å². The van der Waals surface area contributed by atoms with E-state index in [1.807, 2.05) is 6.07 Å². The van der Waals surface area contributed by atoms with Crippen molar-refractivity contribution in [3.8, 4) is 6.07 Å². The van der Waals surface area contributed by atoms with Crippen LogP contribution in [0.5, 0.6) is 0 Å². The van der Waals surface area contributed by atoms with Crippen LogP contribution in [-0.4, -0.2) is 29.0 Å². The van der Waals surface area contributed by atoms with Gasteiger partial charge in [-0.2, -0.15) is 10.4 Å². The van der Waals surface area contributed by atoms with Crippen LogP contribution < -0.4 is 5.32 Å². The third-order valence-electron chi connectivity index (χ3n) is 5.01. The lowest BCUT2D eigenvalue weighted by Gasteiger charge is -2.33. The Kier molecular flexibility index (Phi) is 3.87. The van der Waals surface area contributed by atoms with Gasteiger partial charge in [-0.15, -0.1) is 0 Å². The van der Waals surface area contributed by atoms with Gasteiger partial charge < -0.3 is 5.32 Å². The van der Waals surface area contributed by atoms with Crippen molar-refractivity contribution >= 4 is 11.5 Å². The summed E-state index contributed by atoms with van der Waals surface area (Å²) >= 11 is 0. The van der Waals surface area contributed by atoms with Crippen molar-refractivity contribution in [2.75, 3.05) is 13.1 Å². The molecule has 24 heavy (non-hydrogen) atoms. The highest BCUT2D eigenvalue weighted by atomic mass is 19.1. The SMILES string of the molecule is N#CC1C(C2CCNCC2)=Nc2[nH]ncc2C1c1ccccc1F. The summed E-state index contributed by atoms with van der Waals surface area (Å²) in [4.78, 5) is 4.71. The number of aromatic amines is 1. The second-order valence-electron chi connectivity index (χ2n) is 6.34. The molecule has 1 fully saturated rings. The van der Waals surface area contributed by atoms with Crippen LogP contribution in [0.25, 0.3) is 0 Å². The Hall–Kier alpha value is -2.52. The summed E-state index contributed by atoms with van der Waals surface area (Å²) in [7, 11) is 0. The third-order valence-corrected chi connectivity index (χ3v) is 5.01. The van der Waals surface area contributed by atoms with Crippen molar-refractivity contribution in [3.63, 3.8) is 0 Å². The summed E-state index contributed by atoms with van der Waals surface area (Å²) in [5.41, 5.74) is 2.20. The van der Waals surface area contributed by atoms with Crippen molar-refractivity contribution in [1.82, 2.24) is 15.5 Å². The molecule has 2 aromatic rings. The van der Waals surface area contributed by atoms with E-state index in [-0.39, 0.29) is 17.7 Å². The molecule has 0 aliphatic carbocycles. The summed E-state index contributed by atoms with van der Waals surface area (Å²) in [6, 6.07) is 9.07. The van der Waals surface area contributed by atoms with Gasteiger partial charge in [0.05, 0.1) is 18.2 Å². The fraction of sp³-hybridized carbons (Fsp3) is 0.389. The Labute approximate surface area is 139 Å². The molecule has 0 bridgehead atoms. The normalized spacial score (nSPS) is 24.1. The molecule has 2 unspecified atom stereocenters. The monoisotopic (exact) mass is 323 g/mol. The minimum atomic E-state index is -0.463. The van der Waals surface area contributed by atoms with Gasteiger partial charge in [-0.25, -0.2) is 9.38 Å². The molecule has 2 atom stereocenters. The van der Waals surface area contributed by atoms with E-state index in [2.05, 4.69) is 21.6 Å². The number of hydrogen-bond acceptors (Lipinski definition) is 4. The highest BCUT2D eigenvalue weighted by Gasteiger charge is 2.39. The lowest BCUT2D eigenvalue weighted by atomic mass is 9.73. The zero-order valence-corrected chi connectivity index (χ0v) is 13.2. The van der Waals surface area contributed by atoms with E-state index in [1.165, 1.54) is 6.07 Å². The summed E-state index contributed by atoms with van der Waals surface area (Å²) < 4.78 is 14.5. The van der Waals surface area contributed by atoms with Gasteiger partial charge in [0.15, 0.2) is 5.82 Å². The number of piperidine rings is 1. The zero-order chi connectivity index (χ0) is 16.5. The highest BCUT2D eigenvalue weighted by Crippen LogP contribution is 2.44. The number of aromatic nitrogens is 2. The summed E-state index contributed by atoms with van der Waals surface area (Å²) in [6.45, 7) is 1.84. The quantitative estimate of drug-likeness (QED) is 0.892. The molecule has 122 valence electrons. The predicted octanol–water partition coefficient (Wildman–Crippen LogP) is 2.91. The van der Waals surface area contributed by atoms with Gasteiger partial charge in [0, 0.05) is 23.1 Å². The lowest BCUT2D eigenvalue weighted by Crippen LogP contribution is -2.37. The molecule has 0 saturated carbocycles. The van der Waals surface area contributed by atoms with Gasteiger partial charge in [-0.05, 0) is 37.6 Å². The second-order valence-corrected chi connectivity index (χ2v) is 6.34. The van der Waals surface area contributed by atoms with Crippen LogP contribution >= 0.6 is 0 Å². The summed E-state index contributed by atoms with van der Waals surface area (Å²) in [6.07, 6.45) is 3.56. The van der Waals surface area contributed by atoms with Crippen LogP contribution in [0.15, 0.2) is 35.5 Å². The van der Waals surface area contributed by atoms with Gasteiger partial charge in [0.1, 0.15) is 5.82 Å². The van der Waals surface area contributed by atoms with Gasteiger partial charge in [0.2, 0.25) is 0 Å². The van der Waals surface area contributed by atoms with E-state index in [1.54, 1.807) is 18.3 Å². The average molecular weight is 323 g/mol. The molecular formula is C18H18FN5. The smallest absolute Gasteiger partial charge is 0.151 e. The maximum atomic E-state index is 14.5. The highest BCUT2D eigenvalue weighted by molar-refractivity contribution is 5.96. The van der Waals surface area contributed by atoms with Crippen molar-refractivity contribution in [2.24, 2.45) is 16.8 Å². The van der Waals surface area contributed by atoms with Gasteiger partial charge in [-0.3, -0.25) is 5.10 Å². The number of benzene rings is 1. The van der Waals surface area contributed by atoms with E-state index in [9.17, 15) is 9.65 Å². The third kappa shape index (κ3) is 2.42. The number of nitrogens with one attached hydrogen (secondary N) is 2. The largest absolute Gasteiger partial charge is 0.317 e. The minimum absolute atomic E-state index is 0.252. The Morgan fingerprint density at radius 3 is 2.71 bits per heavy atom. The van der Waals surface area contributed by atoms with Crippen LogP contribution in [0.3, 0.4) is 0 Å². The first-order valence-corrected chi connectivity index (χ1v) is 8.26. The fourth-order valence-electron chi connectivity index (χ4n) is 3.83. The number of halogens is 1. The standard InChI is InChI=1S/C18H18FN5/c19-15-4-2-1-3-12(15)16-13(9-20)17(11-5-7-21-8-6-11)23-18-14(16)10-22-24-18/h1-4,10-11,13,16,21H,5-8H2,(H,22,24). The number of aliphatic imine (C=N–C) groups is 1. The van der Waals surface area contributed by atoms with Crippen LogP contribution in [0.1, 0.15) is 29.9 Å². The molecule has 1 aromatic heterocycles. The Bertz CT molecular complexity index is 813. The first-order valence-electron chi connectivity index (χ1n) is 8.26. The molecule has 6 heteroatoms. The molecular weight excluding hydrogens is 305 g/mol. The average Bonchev–Trinajstić information content (AvgIpc) is 3.10. The topological polar surface area (TPSA) is 76.9 Å². The fourth-order valence-corrected chi connectivity index (χ4v) is 3.83. The van der Waals surface area contributed by atoms with Crippen molar-refractivity contribution < 1.29 is 4.39 Å². The maximum Gasteiger partial charge on any atom is 0.151 e. The number of hydrogen-bond donors (Lipinski definition) is 2. The molecule has 3 heterocycles. The van der Waals surface area contributed by atoms with Crippen molar-refractivity contribution in [2.45, 2.75) is 18.8 Å². The van der Waals surface area contributed by atoms with E-state index >= 15 is 0 Å². The van der Waals surface area contributed by atoms with E-state index < -0.39 is 5.92 Å². The Morgan fingerprint density at radius 2 is 1.96 bits per heavy atom. The number of rotatable bonds is 2. The molecule has 0 amide bonds. The molecule has 0 radical (unpaired) electrons. The van der Waals surface area contributed by atoms with Gasteiger partial charge >= 0.3 is 0 Å². The van der Waals surface area contributed by atoms with Crippen LogP contribution in [-0.2, 0) is 0 Å². The Morgan fingerprint density at radius 1 is 1.17 bits per heavy atom. The summed E-state index contributed by atoms with van der Waals surface area (Å²) in [5.74, 6) is -0.214. The first kappa shape index (κ1) is 15.0. The maximum absolute atomic E-state index is 14.5. The van der Waals surface area contributed by atoms with E-state index in [0.717, 1.165) is 37.2 Å². The van der Waals surface area contributed by atoms with Gasteiger partial charge in [0.25, 0.3) is 0 Å². The molecule has 1 aromatic carbocycles. The van der Waals surface area contributed by atoms with Crippen LogP contribution in [0.2, 0.25) is 0 Å². The van der Waals surface area contributed by atoms with Gasteiger partial charge in [-0.1, -0.05) is 18.2 Å². The molecule has 1 saturated heterocycles. The molecule has 0 spiro atoms. The molecule has 4 rings (SSSR count). The number of fused-ring (bicyclic) bond motifs is 1. The first-order chi connectivity index (χ1) is 11.8. The number of nitriles is 1. The molecule has 5 nitrogen and oxygen atoms in total. The van der Waals surface area contributed by atoms with E-state index in [0.29, 0.717) is 11.4 Å². The van der Waals surface area contributed by atoms with E-state index in [4.69, 9.17) is 4.99 Å². The Balaban J connectivity index is 1.83. The molecule has 2 aliphatic heterocycles. The van der Waals surface area contributed by atoms with Crippen LogP contribution in [0.4, 0.5) is 10.2 Å². The molecule has 2 N–H and O–H groups in total.